The summed E-state index contributed by atoms with van der Waals surface area (Å²) in [7, 11) is 1.58. The Balaban J connectivity index is 1.31. The lowest BCUT2D eigenvalue weighted by Crippen LogP contribution is -2.25. The zero-order chi connectivity index (χ0) is 27.9. The van der Waals surface area contributed by atoms with Crippen molar-refractivity contribution in [2.45, 2.75) is 18.2 Å². The number of carbonyl (C=O) groups is 2. The maximum absolute atomic E-state index is 13.4. The van der Waals surface area contributed by atoms with Crippen molar-refractivity contribution in [3.05, 3.63) is 118 Å². The summed E-state index contributed by atoms with van der Waals surface area (Å²) in [6, 6.07) is 24.7. The van der Waals surface area contributed by atoms with E-state index >= 15 is 0 Å². The van der Waals surface area contributed by atoms with E-state index in [1.54, 1.807) is 96.8 Å². The lowest BCUT2D eigenvalue weighted by molar-refractivity contribution is -0.113. The second-order valence-electron chi connectivity index (χ2n) is 8.83. The van der Waals surface area contributed by atoms with Gasteiger partial charge in [0, 0.05) is 11.3 Å². The van der Waals surface area contributed by atoms with Gasteiger partial charge in [0.05, 0.1) is 43.1 Å². The predicted octanol–water partition coefficient (Wildman–Crippen LogP) is 4.71. The van der Waals surface area contributed by atoms with E-state index in [-0.39, 0.29) is 29.7 Å². The maximum Gasteiger partial charge on any atom is 0.262 e. The summed E-state index contributed by atoms with van der Waals surface area (Å²) in [5.74, 6) is 0.960. The number of nitrogens with zero attached hydrogens (tertiary/aromatic N) is 2. The molecule has 3 aromatic carbocycles. The number of furan rings is 1. The van der Waals surface area contributed by atoms with Crippen LogP contribution in [0.3, 0.4) is 0 Å². The lowest BCUT2D eigenvalue weighted by atomic mass is 10.1. The Kier molecular flexibility index (Phi) is 8.26. The van der Waals surface area contributed by atoms with E-state index in [0.717, 1.165) is 5.56 Å². The molecule has 0 fully saturated rings. The first-order valence-electron chi connectivity index (χ1n) is 12.5. The van der Waals surface area contributed by atoms with Gasteiger partial charge in [-0.25, -0.2) is 4.98 Å². The fraction of sp³-hybridized carbons (Fsp3) is 0.133. The van der Waals surface area contributed by atoms with Gasteiger partial charge in [-0.05, 0) is 66.2 Å². The maximum atomic E-state index is 13.4. The van der Waals surface area contributed by atoms with Crippen LogP contribution in [0.25, 0.3) is 10.9 Å². The molecule has 2 aromatic heterocycles. The fourth-order valence-corrected chi connectivity index (χ4v) is 4.82. The predicted molar refractivity (Wildman–Crippen MR) is 154 cm³/mol. The number of hydrogen-bond acceptors (Lipinski definition) is 7. The Morgan fingerprint density at radius 3 is 2.48 bits per heavy atom. The molecule has 0 bridgehead atoms. The van der Waals surface area contributed by atoms with Gasteiger partial charge in [-0.1, -0.05) is 36.0 Å². The number of carbonyl (C=O) groups excluding carboxylic acids is 2. The van der Waals surface area contributed by atoms with Gasteiger partial charge in [-0.2, -0.15) is 0 Å². The number of nitrogens with one attached hydrogen (secondary N) is 2. The van der Waals surface area contributed by atoms with Gasteiger partial charge in [0.2, 0.25) is 5.91 Å². The van der Waals surface area contributed by atoms with Crippen molar-refractivity contribution in [3.8, 4) is 5.75 Å². The molecule has 0 aliphatic rings. The molecule has 5 rings (SSSR count). The number of rotatable bonds is 10. The van der Waals surface area contributed by atoms with Crippen molar-refractivity contribution in [2.24, 2.45) is 0 Å². The Morgan fingerprint density at radius 1 is 0.975 bits per heavy atom. The molecule has 0 spiro atoms. The standard InChI is InChI=1S/C30H26N4O5S/c1-38-23-14-12-22(13-15-23)32-27(35)19-40-30-33-26-7-3-2-6-25(26)29(37)34(30)18-20-8-10-21(11-9-20)28(36)31-17-24-5-4-16-39-24/h2-16H,17-19H2,1H3,(H,31,36)(H,32,35). The fourth-order valence-electron chi connectivity index (χ4n) is 4.03. The van der Waals surface area contributed by atoms with Crippen molar-refractivity contribution in [1.29, 1.82) is 0 Å². The van der Waals surface area contributed by atoms with E-state index in [1.165, 1.54) is 11.8 Å². The summed E-state index contributed by atoms with van der Waals surface area (Å²) >= 11 is 1.19. The van der Waals surface area contributed by atoms with Crippen LogP contribution < -0.4 is 20.9 Å². The topological polar surface area (TPSA) is 115 Å². The number of amides is 2. The van der Waals surface area contributed by atoms with Gasteiger partial charge >= 0.3 is 0 Å². The van der Waals surface area contributed by atoms with Crippen molar-refractivity contribution in [3.63, 3.8) is 0 Å². The first-order chi connectivity index (χ1) is 19.5. The SMILES string of the molecule is COc1ccc(NC(=O)CSc2nc3ccccc3c(=O)n2Cc2ccc(C(=O)NCc3ccco3)cc2)cc1. The van der Waals surface area contributed by atoms with Crippen LogP contribution in [-0.4, -0.2) is 34.2 Å². The molecule has 0 unspecified atom stereocenters. The minimum atomic E-state index is -0.230. The Labute approximate surface area is 234 Å². The lowest BCUT2D eigenvalue weighted by Gasteiger charge is -2.14. The molecule has 0 aliphatic carbocycles. The molecule has 2 heterocycles. The highest BCUT2D eigenvalue weighted by Crippen LogP contribution is 2.21. The first-order valence-corrected chi connectivity index (χ1v) is 13.4. The highest BCUT2D eigenvalue weighted by molar-refractivity contribution is 7.99. The van der Waals surface area contributed by atoms with Crippen LogP contribution in [-0.2, 0) is 17.9 Å². The summed E-state index contributed by atoms with van der Waals surface area (Å²) in [5.41, 5.74) is 2.30. The van der Waals surface area contributed by atoms with Gasteiger partial charge < -0.3 is 19.8 Å². The normalized spacial score (nSPS) is 10.8. The quantitative estimate of drug-likeness (QED) is 0.190. The number of ether oxygens (including phenoxy) is 1. The van der Waals surface area contributed by atoms with E-state index in [2.05, 4.69) is 15.6 Å². The largest absolute Gasteiger partial charge is 0.497 e. The number of thioether (sulfide) groups is 1. The summed E-state index contributed by atoms with van der Waals surface area (Å²) in [6.45, 7) is 0.520. The Bertz CT molecular complexity index is 1680. The third kappa shape index (κ3) is 6.41. The summed E-state index contributed by atoms with van der Waals surface area (Å²) in [4.78, 5) is 43.3. The first kappa shape index (κ1) is 26.8. The molecule has 0 aliphatic heterocycles. The average Bonchev–Trinajstić information content (AvgIpc) is 3.51. The number of methoxy groups -OCH3 is 1. The number of hydrogen-bond donors (Lipinski definition) is 2. The molecule has 0 saturated heterocycles. The van der Waals surface area contributed by atoms with Gasteiger partial charge in [-0.3, -0.25) is 19.0 Å². The minimum Gasteiger partial charge on any atom is -0.497 e. The van der Waals surface area contributed by atoms with Crippen molar-refractivity contribution < 1.29 is 18.7 Å². The number of fused-ring (bicyclic) bond motifs is 1. The van der Waals surface area contributed by atoms with Crippen LogP contribution in [0.1, 0.15) is 21.7 Å². The molecular weight excluding hydrogens is 528 g/mol. The smallest absolute Gasteiger partial charge is 0.262 e. The number of benzene rings is 3. The van der Waals surface area contributed by atoms with E-state index < -0.39 is 0 Å². The number of aromatic nitrogens is 2. The molecule has 2 amide bonds. The third-order valence-electron chi connectivity index (χ3n) is 6.09. The van der Waals surface area contributed by atoms with Crippen molar-refractivity contribution in [2.75, 3.05) is 18.2 Å². The van der Waals surface area contributed by atoms with Gasteiger partial charge in [0.1, 0.15) is 11.5 Å². The molecule has 0 radical (unpaired) electrons. The number of para-hydroxylation sites is 1. The Hall–Kier alpha value is -4.83. The summed E-state index contributed by atoms with van der Waals surface area (Å²) in [6.07, 6.45) is 1.56. The molecule has 5 aromatic rings. The monoisotopic (exact) mass is 554 g/mol. The third-order valence-corrected chi connectivity index (χ3v) is 7.07. The van der Waals surface area contributed by atoms with E-state index in [9.17, 15) is 14.4 Å². The molecule has 40 heavy (non-hydrogen) atoms. The van der Waals surface area contributed by atoms with Crippen LogP contribution in [0.4, 0.5) is 5.69 Å². The van der Waals surface area contributed by atoms with Crippen LogP contribution in [0.5, 0.6) is 5.75 Å². The van der Waals surface area contributed by atoms with Crippen LogP contribution in [0.15, 0.2) is 106 Å². The minimum absolute atomic E-state index is 0.0611. The zero-order valence-electron chi connectivity index (χ0n) is 21.6. The number of anilines is 1. The molecule has 9 nitrogen and oxygen atoms in total. The van der Waals surface area contributed by atoms with Crippen LogP contribution in [0, 0.1) is 0 Å². The van der Waals surface area contributed by atoms with Crippen LogP contribution in [0.2, 0.25) is 0 Å². The summed E-state index contributed by atoms with van der Waals surface area (Å²) < 4.78 is 12.0. The van der Waals surface area contributed by atoms with Crippen molar-refractivity contribution >= 4 is 40.2 Å². The van der Waals surface area contributed by atoms with Gasteiger partial charge in [0.15, 0.2) is 5.16 Å². The highest BCUT2D eigenvalue weighted by atomic mass is 32.2. The molecule has 202 valence electrons. The van der Waals surface area contributed by atoms with Crippen molar-refractivity contribution in [1.82, 2.24) is 14.9 Å². The molecule has 2 N–H and O–H groups in total. The highest BCUT2D eigenvalue weighted by Gasteiger charge is 2.15. The zero-order valence-corrected chi connectivity index (χ0v) is 22.4. The second-order valence-corrected chi connectivity index (χ2v) is 9.77. The van der Waals surface area contributed by atoms with Gasteiger partial charge in [-0.15, -0.1) is 0 Å². The molecule has 0 atom stereocenters. The average molecular weight is 555 g/mol. The second kappa shape index (κ2) is 12.4. The van der Waals surface area contributed by atoms with E-state index in [4.69, 9.17) is 9.15 Å². The molecule has 10 heteroatoms. The summed E-state index contributed by atoms with van der Waals surface area (Å²) in [5, 5.41) is 6.57. The van der Waals surface area contributed by atoms with Gasteiger partial charge in [0.25, 0.3) is 11.5 Å². The van der Waals surface area contributed by atoms with Crippen LogP contribution >= 0.6 is 11.8 Å². The van der Waals surface area contributed by atoms with E-state index in [0.29, 0.717) is 45.4 Å². The molecular formula is C30H26N4O5S. The Morgan fingerprint density at radius 2 is 1.75 bits per heavy atom. The van der Waals surface area contributed by atoms with E-state index in [1.807, 2.05) is 6.07 Å². The molecule has 0 saturated carbocycles.